The standard InChI is InChI=1S/C12H19FN2OS/c1-8(15-17(16)12(2,3)4)10-7-9(14)5-6-11(10)13/h5-8,15H,14H2,1-4H3. The van der Waals surface area contributed by atoms with Crippen LogP contribution >= 0.6 is 0 Å². The minimum absolute atomic E-state index is 0.342. The number of nitrogen functional groups attached to an aromatic ring is 1. The van der Waals surface area contributed by atoms with Gasteiger partial charge in [0.15, 0.2) is 0 Å². The van der Waals surface area contributed by atoms with E-state index in [1.807, 2.05) is 20.8 Å². The molecule has 96 valence electrons. The van der Waals surface area contributed by atoms with Crippen LogP contribution in [0.1, 0.15) is 39.3 Å². The molecular weight excluding hydrogens is 239 g/mol. The lowest BCUT2D eigenvalue weighted by Crippen LogP contribution is -2.40. The van der Waals surface area contributed by atoms with Gasteiger partial charge in [0.25, 0.3) is 0 Å². The van der Waals surface area contributed by atoms with Crippen LogP contribution in [0.5, 0.6) is 0 Å². The highest BCUT2D eigenvalue weighted by Gasteiger charge is 2.29. The molecular formula is C12H19FN2OS. The predicted molar refractivity (Wildman–Crippen MR) is 70.3 cm³/mol. The van der Waals surface area contributed by atoms with Crippen LogP contribution in [0.15, 0.2) is 18.2 Å². The molecule has 0 amide bonds. The van der Waals surface area contributed by atoms with E-state index in [0.29, 0.717) is 11.3 Å². The zero-order valence-electron chi connectivity index (χ0n) is 10.6. The normalized spacial score (nSPS) is 15.6. The molecule has 0 aliphatic rings. The van der Waals surface area contributed by atoms with E-state index in [-0.39, 0.29) is 16.6 Å². The molecule has 1 aromatic carbocycles. The van der Waals surface area contributed by atoms with Crippen molar-refractivity contribution >= 4 is 17.0 Å². The lowest BCUT2D eigenvalue weighted by atomic mass is 10.1. The predicted octanol–water partition coefficient (Wildman–Crippen LogP) is 2.52. The second-order valence-electron chi connectivity index (χ2n) is 5.00. The topological polar surface area (TPSA) is 61.1 Å². The second kappa shape index (κ2) is 5.25. The Morgan fingerprint density at radius 3 is 2.53 bits per heavy atom. The number of nitrogens with two attached hydrogens (primary N) is 1. The van der Waals surface area contributed by atoms with Gasteiger partial charge in [-0.3, -0.25) is 0 Å². The summed E-state index contributed by atoms with van der Waals surface area (Å²) in [5.74, 6) is -0.342. The second-order valence-corrected chi connectivity index (χ2v) is 7.00. The summed E-state index contributed by atoms with van der Waals surface area (Å²) in [4.78, 5) is 0. The van der Waals surface area contributed by atoms with Crippen molar-refractivity contribution in [1.29, 1.82) is 0 Å². The summed E-state index contributed by atoms with van der Waals surface area (Å²) in [5.41, 5.74) is 6.54. The lowest BCUT2D eigenvalue weighted by Gasteiger charge is -2.26. The SMILES string of the molecule is CC(N[S+]([O-])C(C)(C)C)c1cc(N)ccc1F. The third-order valence-electron chi connectivity index (χ3n) is 2.33. The summed E-state index contributed by atoms with van der Waals surface area (Å²) >= 11 is -1.24. The maximum atomic E-state index is 13.6. The fourth-order valence-electron chi connectivity index (χ4n) is 1.29. The van der Waals surface area contributed by atoms with Crippen LogP contribution in [0.3, 0.4) is 0 Å². The zero-order chi connectivity index (χ0) is 13.2. The van der Waals surface area contributed by atoms with E-state index in [4.69, 9.17) is 5.73 Å². The quantitative estimate of drug-likeness (QED) is 0.647. The molecule has 0 aliphatic heterocycles. The molecule has 1 rings (SSSR count). The van der Waals surface area contributed by atoms with E-state index in [9.17, 15) is 8.94 Å². The van der Waals surface area contributed by atoms with E-state index < -0.39 is 11.4 Å². The van der Waals surface area contributed by atoms with E-state index in [0.717, 1.165) is 0 Å². The number of rotatable bonds is 3. The van der Waals surface area contributed by atoms with Gasteiger partial charge in [0.05, 0.1) is 6.04 Å². The van der Waals surface area contributed by atoms with Crippen LogP contribution < -0.4 is 10.5 Å². The minimum atomic E-state index is -1.24. The summed E-state index contributed by atoms with van der Waals surface area (Å²) in [6.07, 6.45) is 0. The van der Waals surface area contributed by atoms with Crippen molar-refractivity contribution in [2.45, 2.75) is 38.5 Å². The average molecular weight is 258 g/mol. The molecule has 5 heteroatoms. The number of hydrogen-bond acceptors (Lipinski definition) is 3. The lowest BCUT2D eigenvalue weighted by molar-refractivity contribution is 0.522. The highest BCUT2D eigenvalue weighted by molar-refractivity contribution is 7.90. The number of benzene rings is 1. The number of nitrogens with one attached hydrogen (secondary N) is 1. The summed E-state index contributed by atoms with van der Waals surface area (Å²) in [5, 5.41) is 0. The summed E-state index contributed by atoms with van der Waals surface area (Å²) in [7, 11) is 0. The van der Waals surface area contributed by atoms with Crippen molar-refractivity contribution in [2.75, 3.05) is 5.73 Å². The molecule has 0 saturated carbocycles. The maximum absolute atomic E-state index is 13.6. The molecule has 0 aromatic heterocycles. The van der Waals surface area contributed by atoms with Crippen LogP contribution in [-0.2, 0) is 11.4 Å². The van der Waals surface area contributed by atoms with Crippen molar-refractivity contribution in [1.82, 2.24) is 4.72 Å². The third kappa shape index (κ3) is 3.87. The molecule has 0 saturated heterocycles. The Hall–Kier alpha value is -0.780. The zero-order valence-corrected chi connectivity index (χ0v) is 11.4. The first-order chi connectivity index (χ1) is 7.71. The minimum Gasteiger partial charge on any atom is -0.598 e. The molecule has 2 unspecified atom stereocenters. The Morgan fingerprint density at radius 1 is 1.41 bits per heavy atom. The molecule has 17 heavy (non-hydrogen) atoms. The smallest absolute Gasteiger partial charge is 0.136 e. The van der Waals surface area contributed by atoms with Crippen molar-refractivity contribution in [3.8, 4) is 0 Å². The Kier molecular flexibility index (Phi) is 4.41. The molecule has 1 aromatic rings. The monoisotopic (exact) mass is 258 g/mol. The van der Waals surface area contributed by atoms with Crippen molar-refractivity contribution in [2.24, 2.45) is 0 Å². The molecule has 3 N–H and O–H groups in total. The van der Waals surface area contributed by atoms with Gasteiger partial charge in [0, 0.05) is 22.6 Å². The summed E-state index contributed by atoms with van der Waals surface area (Å²) in [6, 6.07) is 4.04. The van der Waals surface area contributed by atoms with Crippen molar-refractivity contribution in [3.05, 3.63) is 29.6 Å². The van der Waals surface area contributed by atoms with Crippen LogP contribution in [0.25, 0.3) is 0 Å². The van der Waals surface area contributed by atoms with Crippen LogP contribution in [-0.4, -0.2) is 9.30 Å². The van der Waals surface area contributed by atoms with Gasteiger partial charge in [0.1, 0.15) is 10.6 Å². The molecule has 0 spiro atoms. The van der Waals surface area contributed by atoms with Crippen LogP contribution in [0.2, 0.25) is 0 Å². The molecule has 3 nitrogen and oxygen atoms in total. The van der Waals surface area contributed by atoms with E-state index in [2.05, 4.69) is 4.72 Å². The number of anilines is 1. The number of halogens is 1. The van der Waals surface area contributed by atoms with Gasteiger partial charge in [-0.05, 0) is 45.9 Å². The fourth-order valence-corrected chi connectivity index (χ4v) is 2.10. The van der Waals surface area contributed by atoms with Crippen molar-refractivity contribution < 1.29 is 8.94 Å². The first kappa shape index (κ1) is 14.3. The highest BCUT2D eigenvalue weighted by atomic mass is 32.2. The van der Waals surface area contributed by atoms with Crippen LogP contribution in [0.4, 0.5) is 10.1 Å². The van der Waals surface area contributed by atoms with Gasteiger partial charge in [-0.25, -0.2) is 4.39 Å². The van der Waals surface area contributed by atoms with E-state index in [1.165, 1.54) is 12.1 Å². The Bertz CT molecular complexity index is 393. The Labute approximate surface area is 105 Å². The molecule has 0 fully saturated rings. The van der Waals surface area contributed by atoms with Crippen LogP contribution in [0, 0.1) is 5.82 Å². The third-order valence-corrected chi connectivity index (χ3v) is 4.01. The first-order valence-corrected chi connectivity index (χ1v) is 6.60. The van der Waals surface area contributed by atoms with E-state index >= 15 is 0 Å². The fraction of sp³-hybridized carbons (Fsp3) is 0.500. The molecule has 0 radical (unpaired) electrons. The van der Waals surface area contributed by atoms with Gasteiger partial charge in [-0.2, -0.15) is 0 Å². The van der Waals surface area contributed by atoms with Gasteiger partial charge in [-0.15, -0.1) is 4.72 Å². The molecule has 0 aliphatic carbocycles. The van der Waals surface area contributed by atoms with Gasteiger partial charge < -0.3 is 10.3 Å². The van der Waals surface area contributed by atoms with Gasteiger partial charge >= 0.3 is 0 Å². The van der Waals surface area contributed by atoms with Gasteiger partial charge in [-0.1, -0.05) is 0 Å². The molecule has 0 heterocycles. The first-order valence-electron chi connectivity index (χ1n) is 5.45. The largest absolute Gasteiger partial charge is 0.598 e. The summed E-state index contributed by atoms with van der Waals surface area (Å²) in [6.45, 7) is 7.34. The van der Waals surface area contributed by atoms with Crippen molar-refractivity contribution in [3.63, 3.8) is 0 Å². The van der Waals surface area contributed by atoms with E-state index in [1.54, 1.807) is 13.0 Å². The Balaban J connectivity index is 2.83. The molecule has 0 bridgehead atoms. The highest BCUT2D eigenvalue weighted by Crippen LogP contribution is 2.23. The molecule has 2 atom stereocenters. The summed E-state index contributed by atoms with van der Waals surface area (Å²) < 4.78 is 28.0. The van der Waals surface area contributed by atoms with Gasteiger partial charge in [0.2, 0.25) is 0 Å². The maximum Gasteiger partial charge on any atom is 0.136 e. The average Bonchev–Trinajstić information content (AvgIpc) is 2.20. The Morgan fingerprint density at radius 2 is 2.00 bits per heavy atom. The number of hydrogen-bond donors (Lipinski definition) is 2.